The number of phenols is 1. The molecule has 0 fully saturated rings. The molecule has 6 heteroatoms. The lowest BCUT2D eigenvalue weighted by Gasteiger charge is -2.03. The number of nitrogens with zero attached hydrogens (tertiary/aromatic N) is 1. The van der Waals surface area contributed by atoms with E-state index in [0.717, 1.165) is 0 Å². The molecule has 4 N–H and O–H groups in total. The molecule has 0 aliphatic heterocycles. The number of rotatable bonds is 4. The van der Waals surface area contributed by atoms with Gasteiger partial charge in [0.15, 0.2) is 11.5 Å². The smallest absolute Gasteiger partial charge is 0.271 e. The molecule has 21 heavy (non-hydrogen) atoms. The number of hydrogen-bond donors (Lipinski definition) is 3. The maximum absolute atomic E-state index is 11.8. The minimum atomic E-state index is -0.336. The van der Waals surface area contributed by atoms with Gasteiger partial charge < -0.3 is 15.6 Å². The number of phenolic OH excluding ortho intramolecular Hbond substituents is 1. The molecule has 0 aliphatic carbocycles. The lowest BCUT2D eigenvalue weighted by atomic mass is 10.2. The molecule has 0 heterocycles. The van der Waals surface area contributed by atoms with Crippen LogP contribution in [0.1, 0.15) is 15.9 Å². The van der Waals surface area contributed by atoms with Gasteiger partial charge in [-0.25, -0.2) is 5.43 Å². The van der Waals surface area contributed by atoms with Gasteiger partial charge in [0.2, 0.25) is 0 Å². The zero-order chi connectivity index (χ0) is 15.2. The number of hydrazone groups is 1. The van der Waals surface area contributed by atoms with Gasteiger partial charge in [-0.1, -0.05) is 0 Å². The van der Waals surface area contributed by atoms with Crippen LogP contribution in [-0.2, 0) is 0 Å². The first-order chi connectivity index (χ1) is 10.1. The molecule has 0 aliphatic rings. The van der Waals surface area contributed by atoms with Gasteiger partial charge in [-0.2, -0.15) is 5.10 Å². The van der Waals surface area contributed by atoms with E-state index in [1.54, 1.807) is 36.4 Å². The van der Waals surface area contributed by atoms with E-state index in [1.165, 1.54) is 19.4 Å². The molecule has 2 aromatic rings. The molecule has 0 saturated heterocycles. The van der Waals surface area contributed by atoms with Crippen molar-refractivity contribution in [2.45, 2.75) is 0 Å². The van der Waals surface area contributed by atoms with E-state index in [0.29, 0.717) is 22.6 Å². The predicted molar refractivity (Wildman–Crippen MR) is 80.6 cm³/mol. The van der Waals surface area contributed by atoms with Crippen LogP contribution >= 0.6 is 0 Å². The number of hydrogen-bond acceptors (Lipinski definition) is 5. The number of carbonyl (C=O) groups excluding carboxylic acids is 1. The number of carbonyl (C=O) groups is 1. The van der Waals surface area contributed by atoms with Gasteiger partial charge in [-0.05, 0) is 48.0 Å². The van der Waals surface area contributed by atoms with Gasteiger partial charge in [0.25, 0.3) is 5.91 Å². The van der Waals surface area contributed by atoms with Crippen molar-refractivity contribution in [2.24, 2.45) is 5.10 Å². The highest BCUT2D eigenvalue weighted by molar-refractivity contribution is 5.95. The second-order valence-electron chi connectivity index (χ2n) is 4.25. The number of ether oxygens (including phenoxy) is 1. The van der Waals surface area contributed by atoms with E-state index in [-0.39, 0.29) is 11.7 Å². The second kappa shape index (κ2) is 6.42. The van der Waals surface area contributed by atoms with E-state index in [9.17, 15) is 9.90 Å². The molecule has 0 spiro atoms. The summed E-state index contributed by atoms with van der Waals surface area (Å²) in [6, 6.07) is 11.3. The Morgan fingerprint density at radius 2 is 2.00 bits per heavy atom. The minimum absolute atomic E-state index is 0.0422. The normalized spacial score (nSPS) is 10.5. The number of nitrogens with one attached hydrogen (secondary N) is 1. The van der Waals surface area contributed by atoms with Crippen molar-refractivity contribution in [3.05, 3.63) is 53.6 Å². The van der Waals surface area contributed by atoms with E-state index in [4.69, 9.17) is 10.5 Å². The van der Waals surface area contributed by atoms with Gasteiger partial charge in [-0.3, -0.25) is 4.79 Å². The Kier molecular flexibility index (Phi) is 4.40. The molecule has 0 bridgehead atoms. The third-order valence-electron chi connectivity index (χ3n) is 2.76. The lowest BCUT2D eigenvalue weighted by Crippen LogP contribution is -2.17. The Balaban J connectivity index is 2.02. The van der Waals surface area contributed by atoms with Crippen LogP contribution in [0.25, 0.3) is 0 Å². The van der Waals surface area contributed by atoms with Gasteiger partial charge in [0.05, 0.1) is 13.3 Å². The van der Waals surface area contributed by atoms with E-state index >= 15 is 0 Å². The van der Waals surface area contributed by atoms with Crippen LogP contribution in [-0.4, -0.2) is 24.3 Å². The third kappa shape index (κ3) is 3.73. The van der Waals surface area contributed by atoms with E-state index < -0.39 is 0 Å². The fourth-order valence-corrected chi connectivity index (χ4v) is 1.64. The largest absolute Gasteiger partial charge is 0.504 e. The lowest BCUT2D eigenvalue weighted by molar-refractivity contribution is 0.0955. The van der Waals surface area contributed by atoms with Crippen molar-refractivity contribution in [3.8, 4) is 11.5 Å². The van der Waals surface area contributed by atoms with Crippen molar-refractivity contribution in [3.63, 3.8) is 0 Å². The molecular formula is C15H15N3O3. The van der Waals surface area contributed by atoms with Crippen molar-refractivity contribution in [1.29, 1.82) is 0 Å². The van der Waals surface area contributed by atoms with E-state index in [2.05, 4.69) is 10.5 Å². The summed E-state index contributed by atoms with van der Waals surface area (Å²) in [7, 11) is 1.46. The van der Waals surface area contributed by atoms with Crippen LogP contribution in [0.15, 0.2) is 47.6 Å². The maximum Gasteiger partial charge on any atom is 0.271 e. The Hall–Kier alpha value is -3.02. The van der Waals surface area contributed by atoms with Crippen LogP contribution in [0.2, 0.25) is 0 Å². The molecule has 108 valence electrons. The van der Waals surface area contributed by atoms with Crippen LogP contribution in [0, 0.1) is 0 Å². The second-order valence-corrected chi connectivity index (χ2v) is 4.25. The summed E-state index contributed by atoms with van der Waals surface area (Å²) in [5, 5.41) is 13.3. The molecule has 0 aromatic heterocycles. The molecule has 2 rings (SSSR count). The van der Waals surface area contributed by atoms with Gasteiger partial charge >= 0.3 is 0 Å². The SMILES string of the molecule is COc1cc(C=NNC(=O)c2ccc(N)cc2)ccc1O. The molecule has 0 saturated carbocycles. The predicted octanol–water partition coefficient (Wildman–Crippen LogP) is 1.75. The first-order valence-electron chi connectivity index (χ1n) is 6.16. The first kappa shape index (κ1) is 14.4. The quantitative estimate of drug-likeness (QED) is 0.453. The van der Waals surface area contributed by atoms with Crippen molar-refractivity contribution < 1.29 is 14.6 Å². The highest BCUT2D eigenvalue weighted by Gasteiger charge is 2.03. The number of anilines is 1. The Morgan fingerprint density at radius 3 is 2.67 bits per heavy atom. The maximum atomic E-state index is 11.8. The Labute approximate surface area is 121 Å². The standard InChI is InChI=1S/C15H15N3O3/c1-21-14-8-10(2-7-13(14)19)9-17-18-15(20)11-3-5-12(16)6-4-11/h2-9,19H,16H2,1H3,(H,18,20). The summed E-state index contributed by atoms with van der Waals surface area (Å²) < 4.78 is 4.98. The highest BCUT2D eigenvalue weighted by atomic mass is 16.5. The number of amides is 1. The summed E-state index contributed by atoms with van der Waals surface area (Å²) in [5.41, 5.74) is 9.69. The molecule has 1 amide bonds. The molecular weight excluding hydrogens is 270 g/mol. The van der Waals surface area contributed by atoms with Crippen LogP contribution in [0.4, 0.5) is 5.69 Å². The molecule has 0 atom stereocenters. The monoisotopic (exact) mass is 285 g/mol. The van der Waals surface area contributed by atoms with Crippen LogP contribution in [0.3, 0.4) is 0 Å². The van der Waals surface area contributed by atoms with Crippen LogP contribution in [0.5, 0.6) is 11.5 Å². The molecule has 2 aromatic carbocycles. The van der Waals surface area contributed by atoms with Gasteiger partial charge in [-0.15, -0.1) is 0 Å². The zero-order valence-electron chi connectivity index (χ0n) is 11.4. The van der Waals surface area contributed by atoms with Crippen molar-refractivity contribution in [2.75, 3.05) is 12.8 Å². The number of nitrogen functional groups attached to an aromatic ring is 1. The zero-order valence-corrected chi connectivity index (χ0v) is 11.4. The summed E-state index contributed by atoms with van der Waals surface area (Å²) >= 11 is 0. The highest BCUT2D eigenvalue weighted by Crippen LogP contribution is 2.25. The van der Waals surface area contributed by atoms with Gasteiger partial charge in [0, 0.05) is 11.3 Å². The third-order valence-corrected chi connectivity index (χ3v) is 2.76. The number of benzene rings is 2. The first-order valence-corrected chi connectivity index (χ1v) is 6.16. The Bertz CT molecular complexity index is 666. The number of aromatic hydroxyl groups is 1. The van der Waals surface area contributed by atoms with Crippen LogP contribution < -0.4 is 15.9 Å². The fraction of sp³-hybridized carbons (Fsp3) is 0.0667. The molecule has 6 nitrogen and oxygen atoms in total. The summed E-state index contributed by atoms with van der Waals surface area (Å²) in [5.74, 6) is 0.0429. The minimum Gasteiger partial charge on any atom is -0.504 e. The number of methoxy groups -OCH3 is 1. The average molecular weight is 285 g/mol. The summed E-state index contributed by atoms with van der Waals surface area (Å²) in [4.78, 5) is 11.8. The average Bonchev–Trinajstić information content (AvgIpc) is 2.49. The van der Waals surface area contributed by atoms with Crippen molar-refractivity contribution >= 4 is 17.8 Å². The number of nitrogens with two attached hydrogens (primary N) is 1. The summed E-state index contributed by atoms with van der Waals surface area (Å²) in [6.45, 7) is 0. The van der Waals surface area contributed by atoms with E-state index in [1.807, 2.05) is 0 Å². The van der Waals surface area contributed by atoms with Gasteiger partial charge in [0.1, 0.15) is 0 Å². The molecule has 0 unspecified atom stereocenters. The summed E-state index contributed by atoms with van der Waals surface area (Å²) in [6.07, 6.45) is 1.46. The fourth-order valence-electron chi connectivity index (χ4n) is 1.64. The van der Waals surface area contributed by atoms with Crippen molar-refractivity contribution in [1.82, 2.24) is 5.43 Å². The Morgan fingerprint density at radius 1 is 1.29 bits per heavy atom. The molecule has 0 radical (unpaired) electrons. The topological polar surface area (TPSA) is 96.9 Å².